The highest BCUT2D eigenvalue weighted by Gasteiger charge is 2.38. The van der Waals surface area contributed by atoms with Gasteiger partial charge in [-0.25, -0.2) is 8.42 Å². The summed E-state index contributed by atoms with van der Waals surface area (Å²) >= 11 is 2.64. The fourth-order valence-electron chi connectivity index (χ4n) is 3.75. The smallest absolute Gasteiger partial charge is 0.266 e. The molecule has 1 aromatic carbocycles. The minimum Gasteiger partial charge on any atom is -0.319 e. The van der Waals surface area contributed by atoms with Gasteiger partial charge in [0.1, 0.15) is 10.3 Å². The molecular formula is C21H25N3O3S3. The molecule has 6 nitrogen and oxygen atoms in total. The average Bonchev–Trinajstić information content (AvgIpc) is 3.37. The first-order chi connectivity index (χ1) is 14.3. The first kappa shape index (κ1) is 21.4. The summed E-state index contributed by atoms with van der Waals surface area (Å²) in [6.45, 7) is 4.65. The van der Waals surface area contributed by atoms with Crippen LogP contribution in [0, 0.1) is 0 Å². The summed E-state index contributed by atoms with van der Waals surface area (Å²) in [4.78, 5) is 18.1. The van der Waals surface area contributed by atoms with Crippen LogP contribution in [0.4, 0.5) is 0 Å². The predicted octanol–water partition coefficient (Wildman–Crippen LogP) is 4.10. The van der Waals surface area contributed by atoms with Crippen molar-refractivity contribution in [2.24, 2.45) is 12.0 Å². The number of sulfonamides is 1. The maximum absolute atomic E-state index is 13.1. The number of nitrogens with zero attached hydrogens (tertiary/aromatic N) is 3. The highest BCUT2D eigenvalue weighted by molar-refractivity contribution is 7.91. The molecule has 1 unspecified atom stereocenters. The molecule has 1 aliphatic rings. The van der Waals surface area contributed by atoms with Crippen LogP contribution in [0.3, 0.4) is 0 Å². The summed E-state index contributed by atoms with van der Waals surface area (Å²) < 4.78 is 30.7. The number of aryl methyl sites for hydroxylation is 1. The Morgan fingerprint density at radius 3 is 2.73 bits per heavy atom. The zero-order chi connectivity index (χ0) is 21.5. The molecule has 3 aromatic rings. The third-order valence-corrected chi connectivity index (χ3v) is 9.88. The maximum atomic E-state index is 13.1. The van der Waals surface area contributed by atoms with E-state index in [0.717, 1.165) is 23.1 Å². The van der Waals surface area contributed by atoms with Crippen LogP contribution in [0.1, 0.15) is 44.6 Å². The van der Waals surface area contributed by atoms with E-state index in [-0.39, 0.29) is 10.1 Å². The molecule has 0 bridgehead atoms. The molecule has 1 saturated heterocycles. The molecule has 160 valence electrons. The second-order valence-electron chi connectivity index (χ2n) is 7.83. The van der Waals surface area contributed by atoms with Gasteiger partial charge in [-0.2, -0.15) is 9.30 Å². The summed E-state index contributed by atoms with van der Waals surface area (Å²) in [5.74, 6) is 0.0307. The number of fused-ring (bicyclic) bond motifs is 1. The van der Waals surface area contributed by atoms with Gasteiger partial charge in [0.25, 0.3) is 15.9 Å². The zero-order valence-corrected chi connectivity index (χ0v) is 19.7. The number of piperidine rings is 1. The van der Waals surface area contributed by atoms with Gasteiger partial charge in [0.2, 0.25) is 0 Å². The minimum absolute atomic E-state index is 0.274. The van der Waals surface area contributed by atoms with Gasteiger partial charge in [0.05, 0.1) is 10.2 Å². The Labute approximate surface area is 184 Å². The highest BCUT2D eigenvalue weighted by atomic mass is 32.2. The molecule has 1 atom stereocenters. The number of rotatable bonds is 4. The van der Waals surface area contributed by atoms with Gasteiger partial charge in [0, 0.05) is 13.6 Å². The SMILES string of the molecule is CC(C)c1ccc2c(c1)sc(=NC(=O)C1CCCCN1S(=O)(=O)c1cccs1)n2C. The lowest BCUT2D eigenvalue weighted by atomic mass is 10.0. The minimum atomic E-state index is -3.69. The molecule has 4 rings (SSSR count). The Morgan fingerprint density at radius 2 is 2.03 bits per heavy atom. The lowest BCUT2D eigenvalue weighted by Crippen LogP contribution is -2.47. The number of benzene rings is 1. The van der Waals surface area contributed by atoms with Crippen molar-refractivity contribution < 1.29 is 13.2 Å². The van der Waals surface area contributed by atoms with Crippen molar-refractivity contribution in [2.45, 2.75) is 49.3 Å². The third kappa shape index (κ3) is 3.91. The maximum Gasteiger partial charge on any atom is 0.266 e. The first-order valence-corrected chi connectivity index (χ1v) is 13.2. The fourth-order valence-corrected chi connectivity index (χ4v) is 7.59. The van der Waals surface area contributed by atoms with Gasteiger partial charge >= 0.3 is 0 Å². The summed E-state index contributed by atoms with van der Waals surface area (Å²) in [7, 11) is -1.80. The van der Waals surface area contributed by atoms with Crippen molar-refractivity contribution >= 4 is 48.8 Å². The molecule has 1 aliphatic heterocycles. The van der Waals surface area contributed by atoms with E-state index in [2.05, 4.69) is 37.0 Å². The normalized spacial score (nSPS) is 19.1. The molecule has 30 heavy (non-hydrogen) atoms. The van der Waals surface area contributed by atoms with Crippen LogP contribution in [0.5, 0.6) is 0 Å². The molecule has 2 aromatic heterocycles. The molecule has 0 saturated carbocycles. The molecule has 0 spiro atoms. The quantitative estimate of drug-likeness (QED) is 0.585. The monoisotopic (exact) mass is 463 g/mol. The summed E-state index contributed by atoms with van der Waals surface area (Å²) in [5, 5.41) is 1.74. The topological polar surface area (TPSA) is 71.7 Å². The van der Waals surface area contributed by atoms with Crippen LogP contribution in [0.2, 0.25) is 0 Å². The van der Waals surface area contributed by atoms with Crippen molar-refractivity contribution in [3.05, 3.63) is 46.1 Å². The van der Waals surface area contributed by atoms with Crippen LogP contribution in [0.25, 0.3) is 10.2 Å². The number of aromatic nitrogens is 1. The van der Waals surface area contributed by atoms with Crippen LogP contribution < -0.4 is 4.80 Å². The summed E-state index contributed by atoms with van der Waals surface area (Å²) in [5.41, 5.74) is 2.25. The van der Waals surface area contributed by atoms with Crippen LogP contribution >= 0.6 is 22.7 Å². The lowest BCUT2D eigenvalue weighted by Gasteiger charge is -2.31. The summed E-state index contributed by atoms with van der Waals surface area (Å²) in [6.07, 6.45) is 2.07. The summed E-state index contributed by atoms with van der Waals surface area (Å²) in [6, 6.07) is 8.85. The fraction of sp³-hybridized carbons (Fsp3) is 0.429. The van der Waals surface area contributed by atoms with Crippen molar-refractivity contribution in [3.8, 4) is 0 Å². The number of thiophene rings is 1. The van der Waals surface area contributed by atoms with Crippen molar-refractivity contribution in [1.29, 1.82) is 0 Å². The number of carbonyl (C=O) groups excluding carboxylic acids is 1. The van der Waals surface area contributed by atoms with E-state index in [1.165, 1.54) is 32.5 Å². The molecule has 9 heteroatoms. The Bertz CT molecular complexity index is 1240. The Balaban J connectivity index is 1.71. The molecule has 0 N–H and O–H groups in total. The van der Waals surface area contributed by atoms with Crippen LogP contribution in [0.15, 0.2) is 44.9 Å². The van der Waals surface area contributed by atoms with Crippen LogP contribution in [-0.4, -0.2) is 35.8 Å². The molecule has 0 aliphatic carbocycles. The second kappa shape index (κ2) is 8.37. The molecule has 1 amide bonds. The Kier molecular flexibility index (Phi) is 5.98. The molecular weight excluding hydrogens is 438 g/mol. The second-order valence-corrected chi connectivity index (χ2v) is 11.9. The van der Waals surface area contributed by atoms with Gasteiger partial charge in [-0.15, -0.1) is 11.3 Å². The standard InChI is InChI=1S/C21H25N3O3S3/c1-14(2)15-9-10-16-18(13-15)29-21(23(16)3)22-20(25)17-7-4-5-11-24(17)30(26,27)19-8-6-12-28-19/h6,8-10,12-14,17H,4-5,7,11H2,1-3H3. The van der Waals surface area contributed by atoms with Crippen molar-refractivity contribution in [1.82, 2.24) is 8.87 Å². The highest BCUT2D eigenvalue weighted by Crippen LogP contribution is 2.28. The van der Waals surface area contributed by atoms with Gasteiger partial charge < -0.3 is 4.57 Å². The number of hydrogen-bond donors (Lipinski definition) is 0. The zero-order valence-electron chi connectivity index (χ0n) is 17.2. The van der Waals surface area contributed by atoms with Gasteiger partial charge in [0.15, 0.2) is 4.80 Å². The number of hydrogen-bond acceptors (Lipinski definition) is 5. The van der Waals surface area contributed by atoms with E-state index in [1.807, 2.05) is 11.6 Å². The van der Waals surface area contributed by atoms with Crippen LogP contribution in [-0.2, 0) is 21.9 Å². The number of carbonyl (C=O) groups is 1. The lowest BCUT2D eigenvalue weighted by molar-refractivity contribution is -0.122. The molecule has 0 radical (unpaired) electrons. The van der Waals surface area contributed by atoms with E-state index in [4.69, 9.17) is 0 Å². The van der Waals surface area contributed by atoms with E-state index < -0.39 is 16.1 Å². The third-order valence-electron chi connectivity index (χ3n) is 5.50. The van der Waals surface area contributed by atoms with Crippen molar-refractivity contribution in [2.75, 3.05) is 6.54 Å². The Hall–Kier alpha value is -1.81. The van der Waals surface area contributed by atoms with Gasteiger partial charge in [-0.3, -0.25) is 4.79 Å². The van der Waals surface area contributed by atoms with E-state index in [9.17, 15) is 13.2 Å². The number of thiazole rings is 1. The molecule has 1 fully saturated rings. The average molecular weight is 464 g/mol. The number of amides is 1. The Morgan fingerprint density at radius 1 is 1.23 bits per heavy atom. The van der Waals surface area contributed by atoms with Crippen molar-refractivity contribution in [3.63, 3.8) is 0 Å². The van der Waals surface area contributed by atoms with E-state index >= 15 is 0 Å². The predicted molar refractivity (Wildman–Crippen MR) is 121 cm³/mol. The largest absolute Gasteiger partial charge is 0.319 e. The van der Waals surface area contributed by atoms with Gasteiger partial charge in [-0.05, 0) is 47.9 Å². The van der Waals surface area contributed by atoms with Gasteiger partial charge in [-0.1, -0.05) is 43.7 Å². The molecule has 3 heterocycles. The first-order valence-electron chi connectivity index (χ1n) is 10.0. The van der Waals surface area contributed by atoms with E-state index in [1.54, 1.807) is 17.5 Å². The van der Waals surface area contributed by atoms with E-state index in [0.29, 0.717) is 23.7 Å².